The molecule has 0 saturated carbocycles. The van der Waals surface area contributed by atoms with Crippen molar-refractivity contribution in [3.63, 3.8) is 0 Å². The number of thiocarbonyl (C=S) groups is 1. The lowest BCUT2D eigenvalue weighted by molar-refractivity contribution is 0.0946. The van der Waals surface area contributed by atoms with Crippen molar-refractivity contribution in [1.82, 2.24) is 10.6 Å². The SMILES string of the molecule is CCCCCCOc1ccccc1C(=O)NC(=S)Nc1ccc(C(=O)NCCCOC)cc1. The lowest BCUT2D eigenvalue weighted by atomic mass is 10.2. The maximum atomic E-state index is 12.7. The van der Waals surface area contributed by atoms with Crippen molar-refractivity contribution in [2.24, 2.45) is 0 Å². The number of benzene rings is 2. The molecule has 0 aliphatic carbocycles. The number of amides is 2. The molecule has 8 heteroatoms. The highest BCUT2D eigenvalue weighted by molar-refractivity contribution is 7.80. The molecule has 2 amide bonds. The number of ether oxygens (including phenoxy) is 2. The molecule has 0 radical (unpaired) electrons. The Kier molecular flexibility index (Phi) is 11.9. The Labute approximate surface area is 201 Å². The average molecular weight is 472 g/mol. The van der Waals surface area contributed by atoms with Gasteiger partial charge in [-0.25, -0.2) is 0 Å². The second-order valence-corrected chi connectivity index (χ2v) is 7.90. The number of carbonyl (C=O) groups excluding carboxylic acids is 2. The van der Waals surface area contributed by atoms with Gasteiger partial charge in [-0.15, -0.1) is 0 Å². The predicted molar refractivity (Wildman–Crippen MR) is 135 cm³/mol. The molecular formula is C25H33N3O4S. The summed E-state index contributed by atoms with van der Waals surface area (Å²) < 4.78 is 10.8. The number of methoxy groups -OCH3 is 1. The average Bonchev–Trinajstić information content (AvgIpc) is 2.82. The molecule has 7 nitrogen and oxygen atoms in total. The molecule has 0 aromatic heterocycles. The zero-order chi connectivity index (χ0) is 23.9. The minimum atomic E-state index is -0.344. The molecule has 0 unspecified atom stereocenters. The quantitative estimate of drug-likeness (QED) is 0.294. The van der Waals surface area contributed by atoms with Gasteiger partial charge in [-0.1, -0.05) is 38.3 Å². The van der Waals surface area contributed by atoms with E-state index in [1.165, 1.54) is 6.42 Å². The first-order valence-electron chi connectivity index (χ1n) is 11.3. The van der Waals surface area contributed by atoms with Gasteiger partial charge < -0.3 is 20.1 Å². The summed E-state index contributed by atoms with van der Waals surface area (Å²) in [5.41, 5.74) is 1.63. The van der Waals surface area contributed by atoms with Crippen molar-refractivity contribution in [3.8, 4) is 5.75 Å². The lowest BCUT2D eigenvalue weighted by Gasteiger charge is -2.13. The van der Waals surface area contributed by atoms with E-state index in [1.54, 1.807) is 49.6 Å². The Balaban J connectivity index is 1.85. The summed E-state index contributed by atoms with van der Waals surface area (Å²) in [5, 5.41) is 8.64. The van der Waals surface area contributed by atoms with Gasteiger partial charge in [-0.05, 0) is 61.5 Å². The molecule has 0 saturated heterocycles. The summed E-state index contributed by atoms with van der Waals surface area (Å²) in [6.45, 7) is 3.88. The first-order valence-corrected chi connectivity index (χ1v) is 11.7. The number of rotatable bonds is 13. The molecule has 0 aliphatic heterocycles. The van der Waals surface area contributed by atoms with Crippen molar-refractivity contribution in [2.75, 3.05) is 32.2 Å². The largest absolute Gasteiger partial charge is 0.493 e. The van der Waals surface area contributed by atoms with Gasteiger partial charge in [0.05, 0.1) is 12.2 Å². The van der Waals surface area contributed by atoms with Gasteiger partial charge in [0.15, 0.2) is 5.11 Å². The van der Waals surface area contributed by atoms with Crippen LogP contribution in [-0.2, 0) is 4.74 Å². The van der Waals surface area contributed by atoms with Gasteiger partial charge in [0, 0.05) is 31.5 Å². The Morgan fingerprint density at radius 3 is 2.39 bits per heavy atom. The second-order valence-electron chi connectivity index (χ2n) is 7.49. The number of para-hydroxylation sites is 1. The topological polar surface area (TPSA) is 88.7 Å². The van der Waals surface area contributed by atoms with Crippen molar-refractivity contribution in [3.05, 3.63) is 59.7 Å². The number of hydrogen-bond donors (Lipinski definition) is 3. The highest BCUT2D eigenvalue weighted by Crippen LogP contribution is 2.18. The monoisotopic (exact) mass is 471 g/mol. The van der Waals surface area contributed by atoms with Gasteiger partial charge >= 0.3 is 0 Å². The van der Waals surface area contributed by atoms with Crippen LogP contribution >= 0.6 is 12.2 Å². The Morgan fingerprint density at radius 2 is 1.67 bits per heavy atom. The molecular weight excluding hydrogens is 438 g/mol. The minimum Gasteiger partial charge on any atom is -0.493 e. The highest BCUT2D eigenvalue weighted by Gasteiger charge is 2.14. The van der Waals surface area contributed by atoms with E-state index >= 15 is 0 Å². The van der Waals surface area contributed by atoms with Crippen molar-refractivity contribution < 1.29 is 19.1 Å². The van der Waals surface area contributed by atoms with E-state index < -0.39 is 0 Å². The number of unbranched alkanes of at least 4 members (excludes halogenated alkanes) is 3. The molecule has 0 aliphatic rings. The van der Waals surface area contributed by atoms with Gasteiger partial charge in [-0.2, -0.15) is 0 Å². The number of carbonyl (C=O) groups is 2. The highest BCUT2D eigenvalue weighted by atomic mass is 32.1. The van der Waals surface area contributed by atoms with Crippen LogP contribution in [0.25, 0.3) is 0 Å². The molecule has 33 heavy (non-hydrogen) atoms. The number of anilines is 1. The van der Waals surface area contributed by atoms with E-state index in [4.69, 9.17) is 21.7 Å². The molecule has 178 valence electrons. The van der Waals surface area contributed by atoms with E-state index in [9.17, 15) is 9.59 Å². The van der Waals surface area contributed by atoms with Crippen LogP contribution in [0.5, 0.6) is 5.75 Å². The summed E-state index contributed by atoms with van der Waals surface area (Å²) in [7, 11) is 1.63. The molecule has 2 aromatic carbocycles. The van der Waals surface area contributed by atoms with Crippen molar-refractivity contribution in [1.29, 1.82) is 0 Å². The molecule has 2 aromatic rings. The molecule has 0 heterocycles. The van der Waals surface area contributed by atoms with Gasteiger partial charge in [0.25, 0.3) is 11.8 Å². The number of nitrogens with one attached hydrogen (secondary N) is 3. The first-order chi connectivity index (χ1) is 16.0. The van der Waals surface area contributed by atoms with E-state index in [2.05, 4.69) is 22.9 Å². The first kappa shape index (κ1) is 26.3. The molecule has 0 bridgehead atoms. The van der Waals surface area contributed by atoms with Crippen LogP contribution in [0.1, 0.15) is 59.7 Å². The molecule has 3 N–H and O–H groups in total. The third-order valence-electron chi connectivity index (χ3n) is 4.83. The normalized spacial score (nSPS) is 10.4. The van der Waals surface area contributed by atoms with E-state index in [1.807, 2.05) is 6.07 Å². The third kappa shape index (κ3) is 9.59. The Bertz CT molecular complexity index is 903. The van der Waals surface area contributed by atoms with Gasteiger partial charge in [-0.3, -0.25) is 14.9 Å². The smallest absolute Gasteiger partial charge is 0.261 e. The molecule has 0 spiro atoms. The minimum absolute atomic E-state index is 0.153. The van der Waals surface area contributed by atoms with Crippen LogP contribution in [0.15, 0.2) is 48.5 Å². The predicted octanol–water partition coefficient (Wildman–Crippen LogP) is 4.54. The zero-order valence-electron chi connectivity index (χ0n) is 19.3. The summed E-state index contributed by atoms with van der Waals surface area (Å²) in [4.78, 5) is 24.8. The third-order valence-corrected chi connectivity index (χ3v) is 5.03. The van der Waals surface area contributed by atoms with Gasteiger partial charge in [0.2, 0.25) is 0 Å². The standard InChI is InChI=1S/C25H33N3O4S/c1-3-4-5-8-18-32-22-11-7-6-10-21(22)24(30)28-25(33)27-20-14-12-19(13-15-20)23(29)26-16-9-17-31-2/h6-7,10-15H,3-5,8-9,16-18H2,1-2H3,(H,26,29)(H2,27,28,30,33). The van der Waals surface area contributed by atoms with E-state index in [0.717, 1.165) is 25.7 Å². The molecule has 0 atom stereocenters. The van der Waals surface area contributed by atoms with Gasteiger partial charge in [0.1, 0.15) is 5.75 Å². The molecule has 0 fully saturated rings. The van der Waals surface area contributed by atoms with E-state index in [0.29, 0.717) is 42.3 Å². The second kappa shape index (κ2) is 15.0. The van der Waals surface area contributed by atoms with Crippen LogP contribution in [-0.4, -0.2) is 43.8 Å². The zero-order valence-corrected chi connectivity index (χ0v) is 20.1. The van der Waals surface area contributed by atoms with Crippen LogP contribution in [0.3, 0.4) is 0 Å². The summed E-state index contributed by atoms with van der Waals surface area (Å²) in [6.07, 6.45) is 5.14. The fraction of sp³-hybridized carbons (Fsp3) is 0.400. The van der Waals surface area contributed by atoms with Crippen molar-refractivity contribution in [2.45, 2.75) is 39.0 Å². The molecule has 2 rings (SSSR count). The van der Waals surface area contributed by atoms with E-state index in [-0.39, 0.29) is 16.9 Å². The fourth-order valence-corrected chi connectivity index (χ4v) is 3.26. The van der Waals surface area contributed by atoms with Crippen LogP contribution in [0, 0.1) is 0 Å². The van der Waals surface area contributed by atoms with Crippen LogP contribution in [0.2, 0.25) is 0 Å². The summed E-state index contributed by atoms with van der Waals surface area (Å²) in [6, 6.07) is 14.0. The maximum Gasteiger partial charge on any atom is 0.261 e. The lowest BCUT2D eigenvalue weighted by Crippen LogP contribution is -2.34. The van der Waals surface area contributed by atoms with Crippen molar-refractivity contribution >= 4 is 34.8 Å². The van der Waals surface area contributed by atoms with Crippen LogP contribution < -0.4 is 20.7 Å². The number of hydrogen-bond acceptors (Lipinski definition) is 5. The Morgan fingerprint density at radius 1 is 0.909 bits per heavy atom. The fourth-order valence-electron chi connectivity index (χ4n) is 3.05. The summed E-state index contributed by atoms with van der Waals surface area (Å²) >= 11 is 5.28. The Hall–Kier alpha value is -2.97. The summed E-state index contributed by atoms with van der Waals surface area (Å²) in [5.74, 6) is 0.0405. The maximum absolute atomic E-state index is 12.7. The van der Waals surface area contributed by atoms with Crippen LogP contribution in [0.4, 0.5) is 5.69 Å².